The number of aliphatic hydroxyl groups is 1. The van der Waals surface area contributed by atoms with Gasteiger partial charge in [0.25, 0.3) is 0 Å². The van der Waals surface area contributed by atoms with Crippen LogP contribution in [0.25, 0.3) is 0 Å². The van der Waals surface area contributed by atoms with Crippen molar-refractivity contribution in [2.24, 2.45) is 0 Å². The minimum atomic E-state index is -0.532. The highest BCUT2D eigenvalue weighted by Crippen LogP contribution is 2.17. The van der Waals surface area contributed by atoms with Crippen LogP contribution in [0.3, 0.4) is 0 Å². The Balaban J connectivity index is 2.60. The molecule has 0 aliphatic carbocycles. The van der Waals surface area contributed by atoms with Gasteiger partial charge in [0.15, 0.2) is 0 Å². The molecule has 0 amide bonds. The van der Waals surface area contributed by atoms with Crippen LogP contribution in [0.5, 0.6) is 0 Å². The zero-order valence-corrected chi connectivity index (χ0v) is 11.4. The van der Waals surface area contributed by atoms with Crippen molar-refractivity contribution < 1.29 is 5.11 Å². The molecule has 0 heterocycles. The molecular weight excluding hydrogens is 224 g/mol. The number of benzene rings is 1. The van der Waals surface area contributed by atoms with E-state index in [4.69, 9.17) is 5.26 Å². The maximum atomic E-state index is 10.1. The van der Waals surface area contributed by atoms with Crippen molar-refractivity contribution in [1.82, 2.24) is 5.32 Å². The van der Waals surface area contributed by atoms with E-state index in [-0.39, 0.29) is 5.54 Å². The van der Waals surface area contributed by atoms with E-state index >= 15 is 0 Å². The molecule has 1 atom stereocenters. The molecule has 1 aromatic rings. The van der Waals surface area contributed by atoms with E-state index in [2.05, 4.69) is 32.2 Å². The van der Waals surface area contributed by atoms with Gasteiger partial charge in [-0.1, -0.05) is 26.0 Å². The zero-order chi connectivity index (χ0) is 13.6. The van der Waals surface area contributed by atoms with Gasteiger partial charge in [0.05, 0.1) is 17.7 Å². The van der Waals surface area contributed by atoms with Crippen molar-refractivity contribution in [3.05, 3.63) is 35.4 Å². The van der Waals surface area contributed by atoms with Gasteiger partial charge >= 0.3 is 0 Å². The maximum absolute atomic E-state index is 10.1. The first-order chi connectivity index (χ1) is 8.54. The molecule has 0 aliphatic rings. The van der Waals surface area contributed by atoms with Crippen molar-refractivity contribution in [1.29, 1.82) is 5.26 Å². The lowest BCUT2D eigenvalue weighted by Gasteiger charge is -2.29. The van der Waals surface area contributed by atoms with E-state index in [0.717, 1.165) is 18.4 Å². The number of nitriles is 1. The molecule has 0 saturated heterocycles. The second-order valence-electron chi connectivity index (χ2n) is 4.90. The van der Waals surface area contributed by atoms with E-state index < -0.39 is 6.10 Å². The Hall–Kier alpha value is -1.37. The molecular formula is C15H22N2O. The number of β-amino-alcohol motifs (C(OH)–C–C–N with tert-alkyl or cyclic N) is 1. The van der Waals surface area contributed by atoms with Gasteiger partial charge in [-0.15, -0.1) is 0 Å². The lowest BCUT2D eigenvalue weighted by atomic mass is 9.95. The van der Waals surface area contributed by atoms with Gasteiger partial charge in [0.2, 0.25) is 0 Å². The van der Waals surface area contributed by atoms with E-state index in [9.17, 15) is 5.11 Å². The molecule has 98 valence electrons. The molecule has 18 heavy (non-hydrogen) atoms. The van der Waals surface area contributed by atoms with Gasteiger partial charge < -0.3 is 10.4 Å². The highest BCUT2D eigenvalue weighted by Gasteiger charge is 2.20. The summed E-state index contributed by atoms with van der Waals surface area (Å²) in [5.74, 6) is 0. The number of nitrogens with one attached hydrogen (secondary N) is 1. The van der Waals surface area contributed by atoms with Crippen LogP contribution in [0.2, 0.25) is 0 Å². The monoisotopic (exact) mass is 246 g/mol. The summed E-state index contributed by atoms with van der Waals surface area (Å²) in [5.41, 5.74) is 1.54. The highest BCUT2D eigenvalue weighted by atomic mass is 16.3. The van der Waals surface area contributed by atoms with Crippen LogP contribution in [-0.4, -0.2) is 17.2 Å². The molecule has 0 spiro atoms. The lowest BCUT2D eigenvalue weighted by Crippen LogP contribution is -2.43. The van der Waals surface area contributed by atoms with Crippen molar-refractivity contribution >= 4 is 0 Å². The predicted molar refractivity (Wildman–Crippen MR) is 73.1 cm³/mol. The Morgan fingerprint density at radius 1 is 1.28 bits per heavy atom. The molecule has 0 radical (unpaired) electrons. The third kappa shape index (κ3) is 3.83. The molecule has 3 nitrogen and oxygen atoms in total. The fourth-order valence-electron chi connectivity index (χ4n) is 1.74. The molecule has 1 unspecified atom stereocenters. The topological polar surface area (TPSA) is 56.0 Å². The molecule has 1 aromatic carbocycles. The molecule has 0 aromatic heterocycles. The average molecular weight is 246 g/mol. The summed E-state index contributed by atoms with van der Waals surface area (Å²) < 4.78 is 0. The summed E-state index contributed by atoms with van der Waals surface area (Å²) in [5, 5.41) is 22.2. The molecule has 0 fully saturated rings. The van der Waals surface area contributed by atoms with Crippen LogP contribution in [0, 0.1) is 11.3 Å². The molecule has 3 heteroatoms. The quantitative estimate of drug-likeness (QED) is 0.811. The molecule has 2 N–H and O–H groups in total. The molecule has 0 aliphatic heterocycles. The van der Waals surface area contributed by atoms with Crippen molar-refractivity contribution in [2.45, 2.75) is 45.3 Å². The summed E-state index contributed by atoms with van der Waals surface area (Å²) >= 11 is 0. The third-order valence-electron chi connectivity index (χ3n) is 3.71. The van der Waals surface area contributed by atoms with Gasteiger partial charge in [-0.3, -0.25) is 0 Å². The second-order valence-corrected chi connectivity index (χ2v) is 4.90. The summed E-state index contributed by atoms with van der Waals surface area (Å²) in [6, 6.07) is 9.15. The summed E-state index contributed by atoms with van der Waals surface area (Å²) in [6.45, 7) is 6.98. The van der Waals surface area contributed by atoms with Crippen LogP contribution in [0.1, 0.15) is 50.8 Å². The fraction of sp³-hybridized carbons (Fsp3) is 0.533. The number of rotatable bonds is 6. The number of hydrogen-bond acceptors (Lipinski definition) is 3. The Kier molecular flexibility index (Phi) is 5.33. The van der Waals surface area contributed by atoms with E-state index in [1.165, 1.54) is 0 Å². The minimum Gasteiger partial charge on any atom is -0.387 e. The van der Waals surface area contributed by atoms with E-state index in [0.29, 0.717) is 12.1 Å². The van der Waals surface area contributed by atoms with E-state index in [1.807, 2.05) is 0 Å². The number of nitrogens with zero attached hydrogens (tertiary/aromatic N) is 1. The summed E-state index contributed by atoms with van der Waals surface area (Å²) in [4.78, 5) is 0. The van der Waals surface area contributed by atoms with Crippen LogP contribution in [0.4, 0.5) is 0 Å². The minimum absolute atomic E-state index is 0.0770. The normalized spacial score (nSPS) is 13.1. The van der Waals surface area contributed by atoms with Crippen LogP contribution >= 0.6 is 0 Å². The molecule has 1 rings (SSSR count). The van der Waals surface area contributed by atoms with Gasteiger partial charge in [-0.25, -0.2) is 0 Å². The summed E-state index contributed by atoms with van der Waals surface area (Å²) in [7, 11) is 0. The number of aliphatic hydroxyl groups excluding tert-OH is 1. The Bertz CT molecular complexity index is 401. The van der Waals surface area contributed by atoms with E-state index in [1.54, 1.807) is 24.3 Å². The van der Waals surface area contributed by atoms with Gasteiger partial charge in [-0.2, -0.15) is 5.26 Å². The smallest absolute Gasteiger partial charge is 0.0991 e. The Morgan fingerprint density at radius 3 is 2.28 bits per heavy atom. The van der Waals surface area contributed by atoms with Gasteiger partial charge in [0.1, 0.15) is 0 Å². The largest absolute Gasteiger partial charge is 0.387 e. The predicted octanol–water partition coefficient (Wildman–Crippen LogP) is 2.76. The second kappa shape index (κ2) is 6.53. The maximum Gasteiger partial charge on any atom is 0.0991 e. The Labute approximate surface area is 109 Å². The third-order valence-corrected chi connectivity index (χ3v) is 3.71. The Morgan fingerprint density at radius 2 is 1.83 bits per heavy atom. The first-order valence-corrected chi connectivity index (χ1v) is 6.47. The first-order valence-electron chi connectivity index (χ1n) is 6.47. The highest BCUT2D eigenvalue weighted by molar-refractivity contribution is 5.32. The number of hydrogen-bond donors (Lipinski definition) is 2. The average Bonchev–Trinajstić information content (AvgIpc) is 2.44. The van der Waals surface area contributed by atoms with Crippen molar-refractivity contribution in [3.8, 4) is 6.07 Å². The molecule has 0 saturated carbocycles. The summed E-state index contributed by atoms with van der Waals surface area (Å²) in [6.07, 6.45) is 1.53. The van der Waals surface area contributed by atoms with Gasteiger partial charge in [0, 0.05) is 12.1 Å². The van der Waals surface area contributed by atoms with Crippen LogP contribution in [-0.2, 0) is 0 Å². The first kappa shape index (κ1) is 14.7. The van der Waals surface area contributed by atoms with Gasteiger partial charge in [-0.05, 0) is 37.5 Å². The fourth-order valence-corrected chi connectivity index (χ4v) is 1.74. The standard InChI is InChI=1S/C15H22N2O/c1-4-15(3,5-2)17-11-14(18)13-8-6-12(10-16)7-9-13/h6-9,14,17-18H,4-5,11H2,1-3H3. The van der Waals surface area contributed by atoms with Crippen LogP contribution in [0.15, 0.2) is 24.3 Å². The van der Waals surface area contributed by atoms with Crippen LogP contribution < -0.4 is 5.32 Å². The SMILES string of the molecule is CCC(C)(CC)NCC(O)c1ccc(C#N)cc1. The molecule has 0 bridgehead atoms. The lowest BCUT2D eigenvalue weighted by molar-refractivity contribution is 0.156. The zero-order valence-electron chi connectivity index (χ0n) is 11.4. The van der Waals surface area contributed by atoms with Crippen molar-refractivity contribution in [2.75, 3.05) is 6.54 Å². The van der Waals surface area contributed by atoms with Crippen molar-refractivity contribution in [3.63, 3.8) is 0 Å².